The van der Waals surface area contributed by atoms with E-state index in [1.54, 1.807) is 20.8 Å². The van der Waals surface area contributed by atoms with Crippen LogP contribution in [-0.4, -0.2) is 66.6 Å². The molecule has 23 heavy (non-hydrogen) atoms. The molecule has 5 atom stereocenters. The summed E-state index contributed by atoms with van der Waals surface area (Å²) in [6.45, 7) is 8.34. The van der Waals surface area contributed by atoms with Gasteiger partial charge in [-0.2, -0.15) is 0 Å². The van der Waals surface area contributed by atoms with Crippen molar-refractivity contribution in [1.29, 1.82) is 0 Å². The largest absolute Gasteiger partial charge is 0.467 e. The summed E-state index contributed by atoms with van der Waals surface area (Å²) in [5.41, 5.74) is -0.860. The normalized spacial score (nSPS) is 31.3. The lowest BCUT2D eigenvalue weighted by Crippen LogP contribution is -2.62. The Kier molecular flexibility index (Phi) is 6.69. The van der Waals surface area contributed by atoms with E-state index in [0.29, 0.717) is 0 Å². The Bertz CT molecular complexity index is 441. The number of aliphatic hydroxyl groups excluding tert-OH is 2. The predicted molar refractivity (Wildman–Crippen MR) is 78.2 cm³/mol. The summed E-state index contributed by atoms with van der Waals surface area (Å²) in [6, 6.07) is 0. The number of hydrogen-bond acceptors (Lipinski definition) is 8. The number of carbonyl (C=O) groups is 2. The lowest BCUT2D eigenvalue weighted by atomic mass is 9.95. The monoisotopic (exact) mass is 332 g/mol. The second-order valence-corrected chi connectivity index (χ2v) is 6.17. The molecule has 0 bridgehead atoms. The summed E-state index contributed by atoms with van der Waals surface area (Å²) in [7, 11) is 1.13. The Labute approximate surface area is 135 Å². The van der Waals surface area contributed by atoms with Gasteiger partial charge in [-0.15, -0.1) is 6.58 Å². The molecule has 1 aliphatic rings. The van der Waals surface area contributed by atoms with Gasteiger partial charge in [0.05, 0.1) is 19.1 Å². The molecule has 0 aliphatic carbocycles. The third-order valence-corrected chi connectivity index (χ3v) is 3.21. The van der Waals surface area contributed by atoms with E-state index >= 15 is 0 Å². The summed E-state index contributed by atoms with van der Waals surface area (Å²) in [5, 5.41) is 20.3. The van der Waals surface area contributed by atoms with Crippen molar-refractivity contribution >= 4 is 11.9 Å². The lowest BCUT2D eigenvalue weighted by Gasteiger charge is -2.41. The number of esters is 2. The van der Waals surface area contributed by atoms with Gasteiger partial charge in [0, 0.05) is 0 Å². The number of carbonyl (C=O) groups excluding carboxylic acids is 2. The molecule has 1 heterocycles. The van der Waals surface area contributed by atoms with Crippen LogP contribution in [0.4, 0.5) is 0 Å². The second kappa shape index (κ2) is 7.87. The van der Waals surface area contributed by atoms with Crippen molar-refractivity contribution in [1.82, 2.24) is 0 Å². The average Bonchev–Trinajstić information content (AvgIpc) is 2.49. The minimum absolute atomic E-state index is 0.0365. The molecule has 8 nitrogen and oxygen atoms in total. The van der Waals surface area contributed by atoms with Crippen LogP contribution in [-0.2, 0) is 28.5 Å². The average molecular weight is 332 g/mol. The number of methoxy groups -OCH3 is 1. The van der Waals surface area contributed by atoms with Crippen LogP contribution >= 0.6 is 0 Å². The van der Waals surface area contributed by atoms with E-state index in [-0.39, 0.29) is 6.61 Å². The minimum Gasteiger partial charge on any atom is -0.467 e. The van der Waals surface area contributed by atoms with Crippen LogP contribution in [0.3, 0.4) is 0 Å². The molecule has 1 aliphatic heterocycles. The summed E-state index contributed by atoms with van der Waals surface area (Å²) in [6.07, 6.45) is -5.77. The standard InChI is InChI=1S/C15H24O8/c1-6-7-21-13-9(17)8(16)10(11(22-13)12(18)20-5)23-14(19)15(2,3)4/h6,8-11,13,16-17H,1,7H2,2-5H3/t8-,9-,10+,11+,13-/m1/s1. The van der Waals surface area contributed by atoms with Crippen LogP contribution in [0.15, 0.2) is 12.7 Å². The first-order chi connectivity index (χ1) is 10.6. The van der Waals surface area contributed by atoms with Gasteiger partial charge in [0.25, 0.3) is 0 Å². The highest BCUT2D eigenvalue weighted by atomic mass is 16.7. The molecule has 0 amide bonds. The third-order valence-electron chi connectivity index (χ3n) is 3.21. The molecule has 1 saturated heterocycles. The van der Waals surface area contributed by atoms with E-state index in [9.17, 15) is 19.8 Å². The van der Waals surface area contributed by atoms with Crippen molar-refractivity contribution in [2.45, 2.75) is 51.5 Å². The van der Waals surface area contributed by atoms with E-state index in [2.05, 4.69) is 11.3 Å². The first kappa shape index (κ1) is 19.6. The van der Waals surface area contributed by atoms with Crippen LogP contribution < -0.4 is 0 Å². The van der Waals surface area contributed by atoms with Gasteiger partial charge in [-0.3, -0.25) is 4.79 Å². The molecule has 132 valence electrons. The van der Waals surface area contributed by atoms with Crippen molar-refractivity contribution in [3.63, 3.8) is 0 Å². The van der Waals surface area contributed by atoms with E-state index in [4.69, 9.17) is 14.2 Å². The SMILES string of the molecule is C=CCO[C@@H]1O[C@H](C(=O)OC)[C@@H](OC(=O)C(C)(C)C)[C@H](O)[C@H]1O. The highest BCUT2D eigenvalue weighted by molar-refractivity contribution is 5.78. The maximum absolute atomic E-state index is 12.0. The molecular formula is C15H24O8. The zero-order chi connectivity index (χ0) is 17.8. The first-order valence-electron chi connectivity index (χ1n) is 7.16. The molecule has 1 rings (SSSR count). The van der Waals surface area contributed by atoms with Crippen molar-refractivity contribution in [3.05, 3.63) is 12.7 Å². The zero-order valence-corrected chi connectivity index (χ0v) is 13.7. The van der Waals surface area contributed by atoms with Gasteiger partial charge in [-0.1, -0.05) is 6.08 Å². The fourth-order valence-electron chi connectivity index (χ4n) is 1.88. The summed E-state index contributed by atoms with van der Waals surface area (Å²) >= 11 is 0. The van der Waals surface area contributed by atoms with E-state index < -0.39 is 48.1 Å². The topological polar surface area (TPSA) is 112 Å². The predicted octanol–water partition coefficient (Wildman–Crippen LogP) is -0.233. The van der Waals surface area contributed by atoms with Crippen LogP contribution in [0.2, 0.25) is 0 Å². The fourth-order valence-corrected chi connectivity index (χ4v) is 1.88. The Morgan fingerprint density at radius 2 is 1.87 bits per heavy atom. The highest BCUT2D eigenvalue weighted by Crippen LogP contribution is 2.27. The Hall–Kier alpha value is -1.48. The Morgan fingerprint density at radius 3 is 2.35 bits per heavy atom. The second-order valence-electron chi connectivity index (χ2n) is 6.17. The van der Waals surface area contributed by atoms with E-state index in [1.807, 2.05) is 0 Å². The highest BCUT2D eigenvalue weighted by Gasteiger charge is 2.51. The molecule has 0 aromatic carbocycles. The van der Waals surface area contributed by atoms with Gasteiger partial charge in [0.1, 0.15) is 12.2 Å². The number of hydrogen-bond donors (Lipinski definition) is 2. The Balaban J connectivity index is 2.99. The van der Waals surface area contributed by atoms with Crippen LogP contribution in [0.5, 0.6) is 0 Å². The molecule has 0 aromatic heterocycles. The van der Waals surface area contributed by atoms with Crippen LogP contribution in [0.25, 0.3) is 0 Å². The van der Waals surface area contributed by atoms with Gasteiger partial charge in [-0.05, 0) is 20.8 Å². The minimum atomic E-state index is -1.58. The Morgan fingerprint density at radius 1 is 1.26 bits per heavy atom. The van der Waals surface area contributed by atoms with Gasteiger partial charge in [0.2, 0.25) is 0 Å². The van der Waals surface area contributed by atoms with Gasteiger partial charge in [0.15, 0.2) is 18.5 Å². The summed E-state index contributed by atoms with van der Waals surface area (Å²) in [5.74, 6) is -1.51. The van der Waals surface area contributed by atoms with E-state index in [1.165, 1.54) is 6.08 Å². The molecule has 1 fully saturated rings. The third kappa shape index (κ3) is 4.74. The molecular weight excluding hydrogens is 308 g/mol. The van der Waals surface area contributed by atoms with Crippen molar-refractivity contribution in [3.8, 4) is 0 Å². The maximum atomic E-state index is 12.0. The quantitative estimate of drug-likeness (QED) is 0.524. The molecule has 2 N–H and O–H groups in total. The van der Waals surface area contributed by atoms with Crippen LogP contribution in [0.1, 0.15) is 20.8 Å². The van der Waals surface area contributed by atoms with Gasteiger partial charge in [-0.25, -0.2) is 4.79 Å². The number of rotatable bonds is 5. The van der Waals surface area contributed by atoms with Crippen molar-refractivity contribution in [2.24, 2.45) is 5.41 Å². The number of aliphatic hydroxyl groups is 2. The molecule has 0 unspecified atom stereocenters. The molecule has 8 heteroatoms. The molecule has 0 aromatic rings. The zero-order valence-electron chi connectivity index (χ0n) is 13.7. The van der Waals surface area contributed by atoms with E-state index in [0.717, 1.165) is 7.11 Å². The molecule has 0 saturated carbocycles. The molecule has 0 spiro atoms. The molecule has 0 radical (unpaired) electrons. The van der Waals surface area contributed by atoms with Crippen molar-refractivity contribution < 1.29 is 38.7 Å². The van der Waals surface area contributed by atoms with Gasteiger partial charge < -0.3 is 29.2 Å². The summed E-state index contributed by atoms with van der Waals surface area (Å²) < 4.78 is 20.3. The maximum Gasteiger partial charge on any atom is 0.339 e. The van der Waals surface area contributed by atoms with Crippen LogP contribution in [0, 0.1) is 5.41 Å². The smallest absolute Gasteiger partial charge is 0.339 e. The van der Waals surface area contributed by atoms with Crippen molar-refractivity contribution in [2.75, 3.05) is 13.7 Å². The first-order valence-corrected chi connectivity index (χ1v) is 7.16. The fraction of sp³-hybridized carbons (Fsp3) is 0.733. The van der Waals surface area contributed by atoms with Gasteiger partial charge >= 0.3 is 11.9 Å². The lowest BCUT2D eigenvalue weighted by molar-refractivity contribution is -0.295. The number of ether oxygens (including phenoxy) is 4. The summed E-state index contributed by atoms with van der Waals surface area (Å²) in [4.78, 5) is 23.9.